The molecule has 0 fully saturated rings. The number of nitrogens with zero attached hydrogens (tertiary/aromatic N) is 3. The summed E-state index contributed by atoms with van der Waals surface area (Å²) in [4.78, 5) is 17.0. The molecular formula is C22H28N4O3. The first-order valence-corrected chi connectivity index (χ1v) is 9.71. The number of aryl methyl sites for hydroxylation is 3. The maximum Gasteiger partial charge on any atom is 0.242 e. The van der Waals surface area contributed by atoms with Crippen molar-refractivity contribution < 1.29 is 14.3 Å². The smallest absolute Gasteiger partial charge is 0.242 e. The first-order chi connectivity index (χ1) is 13.9. The lowest BCUT2D eigenvalue weighted by Crippen LogP contribution is -2.26. The van der Waals surface area contributed by atoms with E-state index in [-0.39, 0.29) is 5.91 Å². The Morgan fingerprint density at radius 2 is 1.83 bits per heavy atom. The first-order valence-electron chi connectivity index (χ1n) is 9.71. The van der Waals surface area contributed by atoms with Crippen LogP contribution in [0.1, 0.15) is 28.8 Å². The summed E-state index contributed by atoms with van der Waals surface area (Å²) in [5.41, 5.74) is 5.03. The predicted octanol–water partition coefficient (Wildman–Crippen LogP) is 2.89. The fourth-order valence-electron chi connectivity index (χ4n) is 3.57. The second-order valence-electron chi connectivity index (χ2n) is 7.08. The van der Waals surface area contributed by atoms with Crippen LogP contribution in [0.2, 0.25) is 0 Å². The summed E-state index contributed by atoms with van der Waals surface area (Å²) in [5.74, 6) is 1.44. The molecule has 3 aromatic rings. The van der Waals surface area contributed by atoms with Crippen molar-refractivity contribution in [2.24, 2.45) is 7.05 Å². The molecule has 154 valence electrons. The number of carbonyl (C=O) groups is 1. The third-order valence-electron chi connectivity index (χ3n) is 5.21. The van der Waals surface area contributed by atoms with Gasteiger partial charge in [-0.3, -0.25) is 4.79 Å². The SMILES string of the molecule is COc1ccc(CCNC(=O)CCc2c(C)nc3c(c(OC)nn3C)c2C)cc1. The summed E-state index contributed by atoms with van der Waals surface area (Å²) >= 11 is 0. The zero-order chi connectivity index (χ0) is 21.0. The van der Waals surface area contributed by atoms with E-state index in [4.69, 9.17) is 9.47 Å². The normalized spacial score (nSPS) is 10.9. The van der Waals surface area contributed by atoms with Crippen LogP contribution >= 0.6 is 0 Å². The molecule has 0 spiro atoms. The monoisotopic (exact) mass is 396 g/mol. The Labute approximate surface area is 171 Å². The third-order valence-corrected chi connectivity index (χ3v) is 5.21. The molecule has 7 nitrogen and oxygen atoms in total. The fourth-order valence-corrected chi connectivity index (χ4v) is 3.57. The zero-order valence-corrected chi connectivity index (χ0v) is 17.7. The molecule has 0 aliphatic rings. The van der Waals surface area contributed by atoms with E-state index in [2.05, 4.69) is 15.4 Å². The number of hydrogen-bond donors (Lipinski definition) is 1. The molecule has 0 saturated heterocycles. The van der Waals surface area contributed by atoms with E-state index in [9.17, 15) is 4.79 Å². The van der Waals surface area contributed by atoms with Gasteiger partial charge in [-0.15, -0.1) is 5.10 Å². The van der Waals surface area contributed by atoms with Crippen LogP contribution in [-0.2, 0) is 24.7 Å². The van der Waals surface area contributed by atoms with Crippen LogP contribution in [0.25, 0.3) is 11.0 Å². The molecule has 0 saturated carbocycles. The maximum atomic E-state index is 12.3. The highest BCUT2D eigenvalue weighted by atomic mass is 16.5. The van der Waals surface area contributed by atoms with Crippen molar-refractivity contribution >= 4 is 16.9 Å². The molecule has 1 amide bonds. The largest absolute Gasteiger partial charge is 0.497 e. The molecule has 1 N–H and O–H groups in total. The molecule has 2 aromatic heterocycles. The average molecular weight is 396 g/mol. The summed E-state index contributed by atoms with van der Waals surface area (Å²) in [6.07, 6.45) is 1.83. The number of benzene rings is 1. The zero-order valence-electron chi connectivity index (χ0n) is 17.7. The Bertz CT molecular complexity index is 1010. The van der Waals surface area contributed by atoms with Crippen molar-refractivity contribution in [1.29, 1.82) is 0 Å². The number of hydrogen-bond acceptors (Lipinski definition) is 5. The van der Waals surface area contributed by atoms with Gasteiger partial charge < -0.3 is 14.8 Å². The van der Waals surface area contributed by atoms with E-state index in [1.54, 1.807) is 18.9 Å². The topological polar surface area (TPSA) is 78.3 Å². The van der Waals surface area contributed by atoms with Crippen LogP contribution in [0.3, 0.4) is 0 Å². The van der Waals surface area contributed by atoms with Crippen LogP contribution in [0.4, 0.5) is 0 Å². The minimum Gasteiger partial charge on any atom is -0.497 e. The Hall–Kier alpha value is -3.09. The molecule has 0 unspecified atom stereocenters. The lowest BCUT2D eigenvalue weighted by Gasteiger charge is -2.11. The predicted molar refractivity (Wildman–Crippen MR) is 113 cm³/mol. The molecule has 1 aromatic carbocycles. The fraction of sp³-hybridized carbons (Fsp3) is 0.409. The van der Waals surface area contributed by atoms with E-state index in [1.807, 2.05) is 45.2 Å². The summed E-state index contributed by atoms with van der Waals surface area (Å²) in [7, 11) is 5.11. The Morgan fingerprint density at radius 3 is 2.48 bits per heavy atom. The minimum atomic E-state index is 0.0376. The van der Waals surface area contributed by atoms with Gasteiger partial charge in [0.25, 0.3) is 0 Å². The van der Waals surface area contributed by atoms with Gasteiger partial charge in [0.1, 0.15) is 5.75 Å². The Morgan fingerprint density at radius 1 is 1.10 bits per heavy atom. The van der Waals surface area contributed by atoms with E-state index in [0.717, 1.165) is 45.6 Å². The standard InChI is InChI=1S/C22H28N4O3/c1-14-18(15(2)24-21-20(14)22(29-5)25-26(21)3)10-11-19(27)23-13-12-16-6-8-17(28-4)9-7-16/h6-9H,10-13H2,1-5H3,(H,23,27). The summed E-state index contributed by atoms with van der Waals surface area (Å²) < 4.78 is 12.3. The molecule has 0 radical (unpaired) electrons. The Balaban J connectivity index is 1.60. The number of methoxy groups -OCH3 is 2. The van der Waals surface area contributed by atoms with Gasteiger partial charge in [-0.05, 0) is 55.5 Å². The second-order valence-corrected chi connectivity index (χ2v) is 7.08. The second kappa shape index (κ2) is 8.94. The molecule has 0 aliphatic heterocycles. The highest BCUT2D eigenvalue weighted by Crippen LogP contribution is 2.30. The number of carbonyl (C=O) groups excluding carboxylic acids is 1. The van der Waals surface area contributed by atoms with Gasteiger partial charge >= 0.3 is 0 Å². The number of nitrogens with one attached hydrogen (secondary N) is 1. The molecule has 0 aliphatic carbocycles. The van der Waals surface area contributed by atoms with Crippen LogP contribution in [-0.4, -0.2) is 41.4 Å². The van der Waals surface area contributed by atoms with Gasteiger partial charge in [0, 0.05) is 25.7 Å². The lowest BCUT2D eigenvalue weighted by atomic mass is 10.00. The van der Waals surface area contributed by atoms with E-state index in [1.165, 1.54) is 0 Å². The van der Waals surface area contributed by atoms with E-state index >= 15 is 0 Å². The van der Waals surface area contributed by atoms with Gasteiger partial charge in [-0.2, -0.15) is 0 Å². The molecule has 2 heterocycles. The van der Waals surface area contributed by atoms with Crippen LogP contribution in [0.15, 0.2) is 24.3 Å². The molecule has 29 heavy (non-hydrogen) atoms. The molecule has 0 atom stereocenters. The molecule has 7 heteroatoms. The molecule has 3 rings (SSSR count). The highest BCUT2D eigenvalue weighted by Gasteiger charge is 2.18. The minimum absolute atomic E-state index is 0.0376. The summed E-state index contributed by atoms with van der Waals surface area (Å²) in [5, 5.41) is 8.29. The van der Waals surface area contributed by atoms with E-state index < -0.39 is 0 Å². The van der Waals surface area contributed by atoms with Crippen LogP contribution in [0, 0.1) is 13.8 Å². The van der Waals surface area contributed by atoms with Gasteiger partial charge in [0.05, 0.1) is 19.6 Å². The van der Waals surface area contributed by atoms with Crippen molar-refractivity contribution in [3.8, 4) is 11.6 Å². The first kappa shape index (κ1) is 20.6. The van der Waals surface area contributed by atoms with Gasteiger partial charge in [0.2, 0.25) is 11.8 Å². The van der Waals surface area contributed by atoms with Crippen LogP contribution in [0.5, 0.6) is 11.6 Å². The number of ether oxygens (including phenoxy) is 2. The van der Waals surface area contributed by atoms with Gasteiger partial charge in [0.15, 0.2) is 5.65 Å². The van der Waals surface area contributed by atoms with Gasteiger partial charge in [-0.25, -0.2) is 9.67 Å². The Kier molecular flexibility index (Phi) is 6.36. The summed E-state index contributed by atoms with van der Waals surface area (Å²) in [6.45, 7) is 4.62. The van der Waals surface area contributed by atoms with Crippen molar-refractivity contribution in [3.63, 3.8) is 0 Å². The van der Waals surface area contributed by atoms with Gasteiger partial charge in [-0.1, -0.05) is 12.1 Å². The number of amides is 1. The summed E-state index contributed by atoms with van der Waals surface area (Å²) in [6, 6.07) is 7.89. The van der Waals surface area contributed by atoms with Crippen molar-refractivity contribution in [1.82, 2.24) is 20.1 Å². The van der Waals surface area contributed by atoms with Crippen LogP contribution < -0.4 is 14.8 Å². The maximum absolute atomic E-state index is 12.3. The average Bonchev–Trinajstić information content (AvgIpc) is 3.04. The van der Waals surface area contributed by atoms with E-state index in [0.29, 0.717) is 25.3 Å². The quantitative estimate of drug-likeness (QED) is 0.633. The third kappa shape index (κ3) is 4.50. The number of fused-ring (bicyclic) bond motifs is 1. The highest BCUT2D eigenvalue weighted by molar-refractivity contribution is 5.86. The number of aromatic nitrogens is 3. The van der Waals surface area contributed by atoms with Crippen molar-refractivity contribution in [3.05, 3.63) is 46.6 Å². The number of rotatable bonds is 8. The van der Waals surface area contributed by atoms with Crippen molar-refractivity contribution in [2.45, 2.75) is 33.1 Å². The lowest BCUT2D eigenvalue weighted by molar-refractivity contribution is -0.121. The van der Waals surface area contributed by atoms with Crippen molar-refractivity contribution in [2.75, 3.05) is 20.8 Å². The molecule has 0 bridgehead atoms. The molecular weight excluding hydrogens is 368 g/mol. The number of pyridine rings is 1.